The van der Waals surface area contributed by atoms with Crippen LogP contribution in [-0.2, 0) is 13.2 Å². The summed E-state index contributed by atoms with van der Waals surface area (Å²) in [4.78, 5) is 11.3. The molecule has 0 atom stereocenters. The summed E-state index contributed by atoms with van der Waals surface area (Å²) in [5, 5.41) is 8.95. The zero-order valence-corrected chi connectivity index (χ0v) is 10.9. The molecule has 0 bridgehead atoms. The van der Waals surface area contributed by atoms with Crippen molar-refractivity contribution >= 4 is 5.91 Å². The Morgan fingerprint density at radius 1 is 1.05 bits per heavy atom. The van der Waals surface area contributed by atoms with E-state index < -0.39 is 0 Å². The largest absolute Gasteiger partial charge is 0.489 e. The number of hydrazine groups is 1. The number of nitrogens with two attached hydrogens (primary N) is 1. The first kappa shape index (κ1) is 14.0. The molecule has 5 nitrogen and oxygen atoms in total. The number of benzene rings is 2. The zero-order valence-electron chi connectivity index (χ0n) is 10.9. The van der Waals surface area contributed by atoms with Crippen LogP contribution in [0.25, 0.3) is 0 Å². The Morgan fingerprint density at radius 2 is 1.65 bits per heavy atom. The molecule has 0 aliphatic rings. The van der Waals surface area contributed by atoms with E-state index in [1.807, 2.05) is 36.4 Å². The molecule has 2 aromatic carbocycles. The fraction of sp³-hybridized carbons (Fsp3) is 0.133. The summed E-state index contributed by atoms with van der Waals surface area (Å²) in [6.07, 6.45) is 0. The van der Waals surface area contributed by atoms with E-state index in [-0.39, 0.29) is 12.5 Å². The van der Waals surface area contributed by atoms with Gasteiger partial charge < -0.3 is 9.84 Å². The van der Waals surface area contributed by atoms with Crippen molar-refractivity contribution in [2.45, 2.75) is 13.2 Å². The van der Waals surface area contributed by atoms with E-state index in [2.05, 4.69) is 5.43 Å². The number of carbonyl (C=O) groups is 1. The van der Waals surface area contributed by atoms with E-state index >= 15 is 0 Å². The number of aliphatic hydroxyl groups excluding tert-OH is 1. The highest BCUT2D eigenvalue weighted by molar-refractivity contribution is 5.93. The van der Waals surface area contributed by atoms with E-state index in [0.717, 1.165) is 16.9 Å². The van der Waals surface area contributed by atoms with Gasteiger partial charge in [0.05, 0.1) is 6.61 Å². The first-order valence-electron chi connectivity index (χ1n) is 6.15. The molecule has 2 rings (SSSR count). The molecule has 0 fully saturated rings. The summed E-state index contributed by atoms with van der Waals surface area (Å²) < 4.78 is 5.61. The summed E-state index contributed by atoms with van der Waals surface area (Å²) in [6.45, 7) is 0.425. The van der Waals surface area contributed by atoms with Crippen molar-refractivity contribution in [3.8, 4) is 5.75 Å². The number of nitrogen functional groups attached to an aromatic ring is 1. The van der Waals surface area contributed by atoms with E-state index in [9.17, 15) is 4.79 Å². The third-order valence-corrected chi connectivity index (χ3v) is 2.86. The van der Waals surface area contributed by atoms with Gasteiger partial charge >= 0.3 is 0 Å². The van der Waals surface area contributed by atoms with Gasteiger partial charge in [-0.25, -0.2) is 5.84 Å². The van der Waals surface area contributed by atoms with Gasteiger partial charge in [0.25, 0.3) is 5.91 Å². The number of nitrogens with one attached hydrogen (secondary N) is 1. The highest BCUT2D eigenvalue weighted by Gasteiger charge is 2.03. The minimum Gasteiger partial charge on any atom is -0.489 e. The molecule has 20 heavy (non-hydrogen) atoms. The predicted octanol–water partition coefficient (Wildman–Crippen LogP) is 1.36. The number of amides is 1. The highest BCUT2D eigenvalue weighted by atomic mass is 16.5. The van der Waals surface area contributed by atoms with E-state index in [1.165, 1.54) is 0 Å². The maximum Gasteiger partial charge on any atom is 0.265 e. The molecule has 0 unspecified atom stereocenters. The van der Waals surface area contributed by atoms with Crippen LogP contribution in [0.15, 0.2) is 48.5 Å². The van der Waals surface area contributed by atoms with Crippen molar-refractivity contribution < 1.29 is 14.6 Å². The van der Waals surface area contributed by atoms with Crippen molar-refractivity contribution in [3.63, 3.8) is 0 Å². The summed E-state index contributed by atoms with van der Waals surface area (Å²) in [7, 11) is 0. The minimum atomic E-state index is -0.322. The topological polar surface area (TPSA) is 84.6 Å². The van der Waals surface area contributed by atoms with Crippen LogP contribution in [0.3, 0.4) is 0 Å². The Bertz CT molecular complexity index is 565. The third-order valence-electron chi connectivity index (χ3n) is 2.86. The van der Waals surface area contributed by atoms with Gasteiger partial charge in [-0.3, -0.25) is 10.2 Å². The zero-order chi connectivity index (χ0) is 14.4. The van der Waals surface area contributed by atoms with Gasteiger partial charge in [-0.1, -0.05) is 24.3 Å². The molecule has 0 heterocycles. The molecule has 0 aliphatic carbocycles. The Balaban J connectivity index is 1.94. The lowest BCUT2D eigenvalue weighted by molar-refractivity contribution is 0.0953. The maximum absolute atomic E-state index is 11.3. The lowest BCUT2D eigenvalue weighted by Gasteiger charge is -2.07. The van der Waals surface area contributed by atoms with Crippen LogP contribution in [0.1, 0.15) is 21.5 Å². The first-order chi connectivity index (χ1) is 9.72. The lowest BCUT2D eigenvalue weighted by Crippen LogP contribution is -2.29. The average molecular weight is 272 g/mol. The van der Waals surface area contributed by atoms with E-state index in [0.29, 0.717) is 12.2 Å². The minimum absolute atomic E-state index is 0.0188. The average Bonchev–Trinajstić information content (AvgIpc) is 2.53. The number of hydrogen-bond donors (Lipinski definition) is 3. The lowest BCUT2D eigenvalue weighted by atomic mass is 10.1. The Hall–Kier alpha value is -2.37. The van der Waals surface area contributed by atoms with Crippen molar-refractivity contribution in [3.05, 3.63) is 65.2 Å². The Morgan fingerprint density at radius 3 is 2.20 bits per heavy atom. The summed E-state index contributed by atoms with van der Waals surface area (Å²) in [5.41, 5.74) is 4.37. The van der Waals surface area contributed by atoms with Gasteiger partial charge in [0.15, 0.2) is 0 Å². The molecule has 1 amide bonds. The van der Waals surface area contributed by atoms with Gasteiger partial charge in [-0.05, 0) is 35.4 Å². The molecule has 2 aromatic rings. The molecular formula is C15H16N2O3. The quantitative estimate of drug-likeness (QED) is 0.436. The fourth-order valence-corrected chi connectivity index (χ4v) is 1.69. The summed E-state index contributed by atoms with van der Waals surface area (Å²) in [5.74, 6) is 5.46. The second kappa shape index (κ2) is 6.70. The third kappa shape index (κ3) is 3.57. The number of aliphatic hydroxyl groups is 1. The molecule has 4 N–H and O–H groups in total. The molecule has 0 aliphatic heterocycles. The van der Waals surface area contributed by atoms with Crippen LogP contribution < -0.4 is 16.0 Å². The molecule has 0 aromatic heterocycles. The Labute approximate surface area is 117 Å². The van der Waals surface area contributed by atoms with Gasteiger partial charge in [-0.15, -0.1) is 0 Å². The van der Waals surface area contributed by atoms with Crippen LogP contribution in [0.4, 0.5) is 0 Å². The first-order valence-corrected chi connectivity index (χ1v) is 6.15. The van der Waals surface area contributed by atoms with Crippen LogP contribution in [-0.4, -0.2) is 11.0 Å². The van der Waals surface area contributed by atoms with Crippen LogP contribution in [0, 0.1) is 0 Å². The molecule has 0 spiro atoms. The normalized spacial score (nSPS) is 10.1. The molecular weight excluding hydrogens is 256 g/mol. The van der Waals surface area contributed by atoms with Gasteiger partial charge in [-0.2, -0.15) is 0 Å². The van der Waals surface area contributed by atoms with Crippen LogP contribution in [0.2, 0.25) is 0 Å². The molecule has 0 saturated heterocycles. The molecule has 5 heteroatoms. The monoisotopic (exact) mass is 272 g/mol. The van der Waals surface area contributed by atoms with Gasteiger partial charge in [0.1, 0.15) is 12.4 Å². The van der Waals surface area contributed by atoms with Crippen LogP contribution >= 0.6 is 0 Å². The summed E-state index contributed by atoms with van der Waals surface area (Å²) >= 11 is 0. The second-order valence-corrected chi connectivity index (χ2v) is 4.26. The van der Waals surface area contributed by atoms with Crippen LogP contribution in [0.5, 0.6) is 5.75 Å². The Kier molecular flexibility index (Phi) is 4.70. The standard InChI is InChI=1S/C15H16N2O3/c16-17-15(19)13-5-1-12(2-6-13)10-20-14-7-3-11(9-18)4-8-14/h1-8,18H,9-10,16H2,(H,17,19). The summed E-state index contributed by atoms with van der Waals surface area (Å²) in [6, 6.07) is 14.2. The van der Waals surface area contributed by atoms with Crippen molar-refractivity contribution in [1.82, 2.24) is 5.43 Å². The van der Waals surface area contributed by atoms with Crippen molar-refractivity contribution in [1.29, 1.82) is 0 Å². The number of hydrogen-bond acceptors (Lipinski definition) is 4. The number of ether oxygens (including phenoxy) is 1. The maximum atomic E-state index is 11.3. The second-order valence-electron chi connectivity index (χ2n) is 4.26. The predicted molar refractivity (Wildman–Crippen MR) is 74.8 cm³/mol. The van der Waals surface area contributed by atoms with Crippen molar-refractivity contribution in [2.24, 2.45) is 5.84 Å². The van der Waals surface area contributed by atoms with Gasteiger partial charge in [0.2, 0.25) is 0 Å². The smallest absolute Gasteiger partial charge is 0.265 e. The highest BCUT2D eigenvalue weighted by Crippen LogP contribution is 2.14. The molecule has 0 saturated carbocycles. The molecule has 0 radical (unpaired) electrons. The van der Waals surface area contributed by atoms with Gasteiger partial charge in [0, 0.05) is 5.56 Å². The van der Waals surface area contributed by atoms with E-state index in [4.69, 9.17) is 15.7 Å². The number of rotatable bonds is 5. The van der Waals surface area contributed by atoms with E-state index in [1.54, 1.807) is 12.1 Å². The fourth-order valence-electron chi connectivity index (χ4n) is 1.69. The van der Waals surface area contributed by atoms with Crippen molar-refractivity contribution in [2.75, 3.05) is 0 Å². The molecule has 104 valence electrons. The number of carbonyl (C=O) groups excluding carboxylic acids is 1. The SMILES string of the molecule is NNC(=O)c1ccc(COc2ccc(CO)cc2)cc1.